The molecule has 0 radical (unpaired) electrons. The summed E-state index contributed by atoms with van der Waals surface area (Å²) < 4.78 is 46.5. The molecular formula is C44H69F3N4O2. The quantitative estimate of drug-likeness (QED) is 0.0792. The number of aliphatic imine (C=N–C) groups is 1. The molecule has 0 spiro atoms. The molecule has 1 rings (SSSR count). The molecule has 0 aliphatic carbocycles. The average molecular weight is 743 g/mol. The Balaban J connectivity index is 4.20. The number of nitrogens with zero attached hydrogens (tertiary/aromatic N) is 2. The number of nitrogens with one attached hydrogen (secondary N) is 1. The third kappa shape index (κ3) is 14.2. The Morgan fingerprint density at radius 3 is 2.21 bits per heavy atom. The summed E-state index contributed by atoms with van der Waals surface area (Å²) in [6.07, 6.45) is 8.01. The van der Waals surface area contributed by atoms with Gasteiger partial charge in [0.25, 0.3) is 5.91 Å². The molecule has 1 aromatic carbocycles. The summed E-state index contributed by atoms with van der Waals surface area (Å²) in [7, 11) is 0. The van der Waals surface area contributed by atoms with Gasteiger partial charge >= 0.3 is 6.18 Å². The number of amidine groups is 1. The molecule has 0 heterocycles. The minimum Gasteiger partial charge on any atom is -0.493 e. The molecule has 298 valence electrons. The van der Waals surface area contributed by atoms with Gasteiger partial charge in [0, 0.05) is 40.1 Å². The number of halogens is 3. The molecule has 0 bridgehead atoms. The van der Waals surface area contributed by atoms with Gasteiger partial charge in [-0.1, -0.05) is 86.6 Å². The second-order valence-corrected chi connectivity index (χ2v) is 15.2. The summed E-state index contributed by atoms with van der Waals surface area (Å²) in [6, 6.07) is 4.82. The van der Waals surface area contributed by atoms with Crippen LogP contribution >= 0.6 is 0 Å². The molecule has 0 aromatic heterocycles. The van der Waals surface area contributed by atoms with Gasteiger partial charge in [-0.05, 0) is 108 Å². The summed E-state index contributed by atoms with van der Waals surface area (Å²) >= 11 is 0. The fourth-order valence-electron chi connectivity index (χ4n) is 6.37. The first-order chi connectivity index (χ1) is 24.7. The molecule has 3 atom stereocenters. The zero-order chi connectivity index (χ0) is 40.7. The third-order valence-corrected chi connectivity index (χ3v) is 9.60. The molecule has 53 heavy (non-hydrogen) atoms. The van der Waals surface area contributed by atoms with Crippen LogP contribution in [0.25, 0.3) is 5.57 Å². The largest absolute Gasteiger partial charge is 0.493 e. The summed E-state index contributed by atoms with van der Waals surface area (Å²) in [4.78, 5) is 20.0. The lowest BCUT2D eigenvalue weighted by Gasteiger charge is -2.42. The van der Waals surface area contributed by atoms with Gasteiger partial charge in [-0.2, -0.15) is 13.2 Å². The van der Waals surface area contributed by atoms with E-state index in [1.807, 2.05) is 38.3 Å². The van der Waals surface area contributed by atoms with Gasteiger partial charge in [-0.3, -0.25) is 9.79 Å². The van der Waals surface area contributed by atoms with Crippen LogP contribution in [0.2, 0.25) is 0 Å². The number of hydrogen-bond acceptors (Lipinski definition) is 5. The Kier molecular flexibility index (Phi) is 19.5. The van der Waals surface area contributed by atoms with Crippen LogP contribution in [0.3, 0.4) is 0 Å². The predicted molar refractivity (Wildman–Crippen MR) is 218 cm³/mol. The molecule has 1 amide bonds. The Hall–Kier alpha value is -3.75. The highest BCUT2D eigenvalue weighted by Crippen LogP contribution is 2.46. The maximum absolute atomic E-state index is 13.6. The monoisotopic (exact) mass is 743 g/mol. The third-order valence-electron chi connectivity index (χ3n) is 9.60. The average Bonchev–Trinajstić information content (AvgIpc) is 3.07. The number of rotatable bonds is 20. The number of hydrogen-bond donors (Lipinski definition) is 2. The van der Waals surface area contributed by atoms with Gasteiger partial charge in [-0.15, -0.1) is 0 Å². The SMILES string of the molecule is C=C(N(/C=C\C)C(/C(N)=C/CC)=C(/c1ccc(C(=O)NC(/C=C(\C)C(F)(F)F)=NC(C)C)cc1OCC)C(C)CC)C(C)(CCC(C)CC)CC(C)C. The molecular weight excluding hydrogens is 674 g/mol. The smallest absolute Gasteiger partial charge is 0.412 e. The first-order valence-electron chi connectivity index (χ1n) is 19.4. The van der Waals surface area contributed by atoms with Gasteiger partial charge in [0.15, 0.2) is 0 Å². The minimum atomic E-state index is -4.55. The maximum Gasteiger partial charge on any atom is 0.412 e. The van der Waals surface area contributed by atoms with Crippen molar-refractivity contribution in [2.75, 3.05) is 6.61 Å². The van der Waals surface area contributed by atoms with Crippen molar-refractivity contribution in [1.82, 2.24) is 10.2 Å². The second-order valence-electron chi connectivity index (χ2n) is 15.2. The van der Waals surface area contributed by atoms with E-state index in [2.05, 4.69) is 70.6 Å². The molecule has 0 saturated carbocycles. The van der Waals surface area contributed by atoms with E-state index in [0.29, 0.717) is 29.9 Å². The fraction of sp³-hybridized carbons (Fsp3) is 0.591. The number of benzene rings is 1. The van der Waals surface area contributed by atoms with Crippen molar-refractivity contribution in [3.8, 4) is 5.75 Å². The normalized spacial score (nSPS) is 16.1. The zero-order valence-corrected chi connectivity index (χ0v) is 34.9. The van der Waals surface area contributed by atoms with Crippen molar-refractivity contribution in [1.29, 1.82) is 0 Å². The van der Waals surface area contributed by atoms with Crippen LogP contribution in [0.5, 0.6) is 5.75 Å². The zero-order valence-electron chi connectivity index (χ0n) is 34.9. The van der Waals surface area contributed by atoms with Crippen LogP contribution in [-0.2, 0) is 0 Å². The van der Waals surface area contributed by atoms with Crippen molar-refractivity contribution >= 4 is 17.3 Å². The molecule has 6 nitrogen and oxygen atoms in total. The van der Waals surface area contributed by atoms with Gasteiger partial charge in [0.2, 0.25) is 0 Å². The summed E-state index contributed by atoms with van der Waals surface area (Å²) in [5.74, 6) is 0.729. The van der Waals surface area contributed by atoms with Crippen LogP contribution in [-0.4, -0.2) is 35.5 Å². The maximum atomic E-state index is 13.6. The lowest BCUT2D eigenvalue weighted by Crippen LogP contribution is -2.34. The van der Waals surface area contributed by atoms with E-state index in [0.717, 1.165) is 74.1 Å². The van der Waals surface area contributed by atoms with Crippen LogP contribution < -0.4 is 15.8 Å². The van der Waals surface area contributed by atoms with E-state index < -0.39 is 17.7 Å². The minimum absolute atomic E-state index is 0.00460. The van der Waals surface area contributed by atoms with Crippen LogP contribution in [0.15, 0.2) is 76.9 Å². The number of nitrogens with two attached hydrogens (primary N) is 1. The fourth-order valence-corrected chi connectivity index (χ4v) is 6.37. The Bertz CT molecular complexity index is 1520. The van der Waals surface area contributed by atoms with E-state index in [-0.39, 0.29) is 28.8 Å². The molecule has 0 aliphatic rings. The Morgan fingerprint density at radius 1 is 1.08 bits per heavy atom. The number of amides is 1. The number of carbonyl (C=O) groups excluding carboxylic acids is 1. The lowest BCUT2D eigenvalue weighted by atomic mass is 9.73. The second kappa shape index (κ2) is 21.8. The van der Waals surface area contributed by atoms with E-state index in [9.17, 15) is 18.0 Å². The summed E-state index contributed by atoms with van der Waals surface area (Å²) in [6.45, 7) is 31.1. The molecule has 0 saturated heterocycles. The Labute approximate surface area is 319 Å². The van der Waals surface area contributed by atoms with Crippen LogP contribution in [0.4, 0.5) is 13.2 Å². The summed E-state index contributed by atoms with van der Waals surface area (Å²) in [5, 5.41) is 2.59. The molecule has 3 N–H and O–H groups in total. The van der Waals surface area contributed by atoms with Crippen LogP contribution in [0, 0.1) is 23.2 Å². The Morgan fingerprint density at radius 2 is 1.72 bits per heavy atom. The standard InChI is InChI=1S/C44H69F3N4O2/c1-15-20-37(48)41(51(25-16-2)34(13)43(14,28-29(6)7)24-23-31(10)17-3)40(32(11)18-4)36-22-21-35(27-38(36)53-19-5)42(52)50-39(49-30(8)9)26-33(12)44(45,46)47/h16,20-22,25-27,29-32H,13,15,17-19,23-24,28,48H2,1-12,14H3,(H,49,50,52)/b25-16-,33-26+,37-20-,41-40+. The highest BCUT2D eigenvalue weighted by molar-refractivity contribution is 6.10. The lowest BCUT2D eigenvalue weighted by molar-refractivity contribution is -0.0912. The molecule has 3 unspecified atom stereocenters. The highest BCUT2D eigenvalue weighted by Gasteiger charge is 2.35. The number of carbonyl (C=O) groups is 1. The van der Waals surface area contributed by atoms with Gasteiger partial charge in [0.1, 0.15) is 11.6 Å². The van der Waals surface area contributed by atoms with E-state index >= 15 is 0 Å². The van der Waals surface area contributed by atoms with Crippen molar-refractivity contribution in [2.45, 2.75) is 141 Å². The number of ether oxygens (including phenoxy) is 1. The van der Waals surface area contributed by atoms with Crippen molar-refractivity contribution in [2.24, 2.45) is 33.9 Å². The molecule has 1 aromatic rings. The van der Waals surface area contributed by atoms with Gasteiger partial charge in [-0.25, -0.2) is 0 Å². The number of alkyl halides is 3. The first-order valence-corrected chi connectivity index (χ1v) is 19.4. The summed E-state index contributed by atoms with van der Waals surface area (Å²) in [5.41, 5.74) is 10.3. The van der Waals surface area contributed by atoms with Crippen molar-refractivity contribution in [3.63, 3.8) is 0 Å². The topological polar surface area (TPSA) is 80.0 Å². The highest BCUT2D eigenvalue weighted by atomic mass is 19.4. The number of allylic oxidation sites excluding steroid dienone is 5. The molecule has 0 aliphatic heterocycles. The molecule has 0 fully saturated rings. The van der Waals surface area contributed by atoms with E-state index in [1.165, 1.54) is 0 Å². The predicted octanol–water partition coefficient (Wildman–Crippen LogP) is 12.4. The van der Waals surface area contributed by atoms with Gasteiger partial charge in [0.05, 0.1) is 18.0 Å². The van der Waals surface area contributed by atoms with E-state index in [1.54, 1.807) is 26.0 Å². The van der Waals surface area contributed by atoms with Crippen molar-refractivity contribution in [3.05, 3.63) is 83.0 Å². The van der Waals surface area contributed by atoms with Crippen molar-refractivity contribution < 1.29 is 22.7 Å². The first kappa shape index (κ1) is 47.3. The van der Waals surface area contributed by atoms with Crippen LogP contribution in [0.1, 0.15) is 144 Å². The van der Waals surface area contributed by atoms with Gasteiger partial charge < -0.3 is 20.7 Å². The van der Waals surface area contributed by atoms with E-state index in [4.69, 9.17) is 17.0 Å². The molecule has 9 heteroatoms.